The maximum absolute atomic E-state index is 11.5. The Morgan fingerprint density at radius 3 is 2.63 bits per heavy atom. The van der Waals surface area contributed by atoms with Gasteiger partial charge in [0.25, 0.3) is 0 Å². The highest BCUT2D eigenvalue weighted by Gasteiger charge is 2.11. The summed E-state index contributed by atoms with van der Waals surface area (Å²) in [4.78, 5) is 0. The number of benzene rings is 1. The molecule has 0 heterocycles. The highest BCUT2D eigenvalue weighted by Crippen LogP contribution is 2.10. The number of likely N-dealkylation sites (N-methyl/N-ethyl adjacent to an activating group) is 1. The molecule has 0 bridgehead atoms. The first kappa shape index (κ1) is 16.2. The van der Waals surface area contributed by atoms with Crippen LogP contribution in [0, 0.1) is 6.92 Å². The van der Waals surface area contributed by atoms with Crippen molar-refractivity contribution in [3.8, 4) is 0 Å². The van der Waals surface area contributed by atoms with Crippen LogP contribution in [0.3, 0.4) is 0 Å². The van der Waals surface area contributed by atoms with Crippen molar-refractivity contribution in [3.63, 3.8) is 0 Å². The molecule has 0 aliphatic heterocycles. The Balaban J connectivity index is 2.46. The predicted octanol–water partition coefficient (Wildman–Crippen LogP) is 2.34. The van der Waals surface area contributed by atoms with Gasteiger partial charge in [-0.3, -0.25) is 0 Å². The average molecular weight is 283 g/mol. The monoisotopic (exact) mass is 283 g/mol. The van der Waals surface area contributed by atoms with E-state index in [0.717, 1.165) is 19.3 Å². The highest BCUT2D eigenvalue weighted by atomic mass is 32.2. The Morgan fingerprint density at radius 2 is 2.05 bits per heavy atom. The van der Waals surface area contributed by atoms with E-state index < -0.39 is 9.84 Å². The van der Waals surface area contributed by atoms with E-state index in [9.17, 15) is 8.42 Å². The molecule has 19 heavy (non-hydrogen) atoms. The third-order valence-corrected chi connectivity index (χ3v) is 5.21. The minimum atomic E-state index is -2.83. The molecule has 0 fully saturated rings. The molecule has 0 aliphatic carbocycles. The Morgan fingerprint density at radius 1 is 1.32 bits per heavy atom. The molecule has 4 heteroatoms. The predicted molar refractivity (Wildman–Crippen MR) is 81.3 cm³/mol. The third kappa shape index (κ3) is 6.21. The number of hydrogen-bond acceptors (Lipinski definition) is 3. The van der Waals surface area contributed by atoms with Gasteiger partial charge in [-0.1, -0.05) is 36.8 Å². The smallest absolute Gasteiger partial charge is 0.150 e. The van der Waals surface area contributed by atoms with Crippen molar-refractivity contribution in [2.75, 3.05) is 18.6 Å². The lowest BCUT2D eigenvalue weighted by Gasteiger charge is -2.16. The van der Waals surface area contributed by atoms with Gasteiger partial charge in [-0.25, -0.2) is 8.42 Å². The second-order valence-electron chi connectivity index (χ2n) is 5.06. The van der Waals surface area contributed by atoms with Crippen LogP contribution in [-0.4, -0.2) is 33.0 Å². The van der Waals surface area contributed by atoms with Gasteiger partial charge in [-0.2, -0.15) is 0 Å². The van der Waals surface area contributed by atoms with Crippen LogP contribution in [0.4, 0.5) is 0 Å². The molecule has 0 aliphatic rings. The summed E-state index contributed by atoms with van der Waals surface area (Å²) >= 11 is 0. The Labute approximate surface area is 117 Å². The molecular formula is C15H25NO2S. The van der Waals surface area contributed by atoms with E-state index in [4.69, 9.17) is 0 Å². The van der Waals surface area contributed by atoms with E-state index in [1.165, 1.54) is 11.1 Å². The van der Waals surface area contributed by atoms with Crippen molar-refractivity contribution in [2.45, 2.75) is 39.2 Å². The van der Waals surface area contributed by atoms with Crippen LogP contribution in [0.2, 0.25) is 0 Å². The first-order valence-electron chi connectivity index (χ1n) is 6.90. The zero-order valence-corrected chi connectivity index (χ0v) is 13.0. The number of sulfone groups is 1. The number of rotatable bonds is 8. The summed E-state index contributed by atoms with van der Waals surface area (Å²) in [6, 6.07) is 8.81. The molecule has 3 nitrogen and oxygen atoms in total. The molecule has 1 unspecified atom stereocenters. The summed E-state index contributed by atoms with van der Waals surface area (Å²) in [5.74, 6) is 0.546. The molecule has 0 aromatic heterocycles. The first-order valence-corrected chi connectivity index (χ1v) is 8.72. The average Bonchev–Trinajstić information content (AvgIpc) is 2.37. The van der Waals surface area contributed by atoms with E-state index in [-0.39, 0.29) is 5.75 Å². The van der Waals surface area contributed by atoms with Crippen LogP contribution in [0.5, 0.6) is 0 Å². The fourth-order valence-electron chi connectivity index (χ4n) is 2.17. The zero-order chi connectivity index (χ0) is 14.3. The fourth-order valence-corrected chi connectivity index (χ4v) is 3.06. The summed E-state index contributed by atoms with van der Waals surface area (Å²) < 4.78 is 22.9. The molecule has 0 radical (unpaired) electrons. The van der Waals surface area contributed by atoms with Gasteiger partial charge >= 0.3 is 0 Å². The molecule has 0 saturated carbocycles. The lowest BCUT2D eigenvalue weighted by atomic mass is 10.0. The van der Waals surface area contributed by atoms with Gasteiger partial charge in [0, 0.05) is 11.8 Å². The summed E-state index contributed by atoms with van der Waals surface area (Å²) in [5, 5.41) is 3.28. The number of hydrogen-bond donors (Lipinski definition) is 1. The van der Waals surface area contributed by atoms with Gasteiger partial charge in [0.05, 0.1) is 5.75 Å². The standard InChI is InChI=1S/C15H25NO2S/c1-4-19(17,18)10-6-9-15(16-3)12-14-8-5-7-13(2)11-14/h5,7-8,11,15-16H,4,6,9-10,12H2,1-3H3. The molecule has 1 N–H and O–H groups in total. The number of nitrogens with one attached hydrogen (secondary N) is 1. The van der Waals surface area contributed by atoms with Crippen LogP contribution < -0.4 is 5.32 Å². The van der Waals surface area contributed by atoms with Crippen molar-refractivity contribution in [2.24, 2.45) is 0 Å². The minimum Gasteiger partial charge on any atom is -0.317 e. The van der Waals surface area contributed by atoms with Crippen molar-refractivity contribution in [1.29, 1.82) is 0 Å². The molecule has 0 saturated heterocycles. The summed E-state index contributed by atoms with van der Waals surface area (Å²) in [6.45, 7) is 3.79. The van der Waals surface area contributed by atoms with Gasteiger partial charge in [-0.15, -0.1) is 0 Å². The number of aryl methyl sites for hydroxylation is 1. The van der Waals surface area contributed by atoms with E-state index in [2.05, 4.69) is 36.5 Å². The van der Waals surface area contributed by atoms with Crippen molar-refractivity contribution >= 4 is 9.84 Å². The lowest BCUT2D eigenvalue weighted by Crippen LogP contribution is -2.28. The molecular weight excluding hydrogens is 258 g/mol. The normalized spacial score (nSPS) is 13.4. The lowest BCUT2D eigenvalue weighted by molar-refractivity contribution is 0.510. The molecule has 1 rings (SSSR count). The highest BCUT2D eigenvalue weighted by molar-refractivity contribution is 7.91. The van der Waals surface area contributed by atoms with E-state index >= 15 is 0 Å². The van der Waals surface area contributed by atoms with Gasteiger partial charge in [0.1, 0.15) is 9.84 Å². The Kier molecular flexibility index (Phi) is 6.52. The maximum atomic E-state index is 11.5. The quantitative estimate of drug-likeness (QED) is 0.796. The first-order chi connectivity index (χ1) is 8.96. The second kappa shape index (κ2) is 7.65. The fraction of sp³-hybridized carbons (Fsp3) is 0.600. The molecule has 1 aromatic carbocycles. The van der Waals surface area contributed by atoms with Gasteiger partial charge in [0.15, 0.2) is 0 Å². The Hall–Kier alpha value is -0.870. The van der Waals surface area contributed by atoms with Crippen molar-refractivity contribution < 1.29 is 8.42 Å². The second-order valence-corrected chi connectivity index (χ2v) is 7.53. The van der Waals surface area contributed by atoms with Crippen molar-refractivity contribution in [1.82, 2.24) is 5.32 Å². The SMILES string of the molecule is CCS(=O)(=O)CCCC(Cc1cccc(C)c1)NC. The van der Waals surface area contributed by atoms with Gasteiger partial charge < -0.3 is 5.32 Å². The van der Waals surface area contributed by atoms with Crippen LogP contribution in [-0.2, 0) is 16.3 Å². The zero-order valence-electron chi connectivity index (χ0n) is 12.1. The molecule has 1 aromatic rings. The third-order valence-electron chi connectivity index (χ3n) is 3.42. The molecule has 108 valence electrons. The minimum absolute atomic E-state index is 0.245. The van der Waals surface area contributed by atoms with Gasteiger partial charge in [0.2, 0.25) is 0 Å². The van der Waals surface area contributed by atoms with Gasteiger partial charge in [-0.05, 0) is 38.8 Å². The molecule has 0 spiro atoms. The van der Waals surface area contributed by atoms with E-state index in [0.29, 0.717) is 11.8 Å². The van der Waals surface area contributed by atoms with Crippen LogP contribution in [0.25, 0.3) is 0 Å². The molecule has 0 amide bonds. The van der Waals surface area contributed by atoms with Crippen LogP contribution >= 0.6 is 0 Å². The van der Waals surface area contributed by atoms with Crippen LogP contribution in [0.15, 0.2) is 24.3 Å². The van der Waals surface area contributed by atoms with Crippen molar-refractivity contribution in [3.05, 3.63) is 35.4 Å². The summed E-state index contributed by atoms with van der Waals surface area (Å²) in [5.41, 5.74) is 2.57. The maximum Gasteiger partial charge on any atom is 0.150 e. The van der Waals surface area contributed by atoms with Crippen LogP contribution in [0.1, 0.15) is 30.9 Å². The molecule has 1 atom stereocenters. The Bertz CT molecular complexity index is 483. The van der Waals surface area contributed by atoms with E-state index in [1.54, 1.807) is 6.92 Å². The summed E-state index contributed by atoms with van der Waals surface area (Å²) in [6.07, 6.45) is 2.57. The largest absolute Gasteiger partial charge is 0.317 e. The van der Waals surface area contributed by atoms with E-state index in [1.807, 2.05) is 7.05 Å². The summed E-state index contributed by atoms with van der Waals surface area (Å²) in [7, 11) is -0.891. The topological polar surface area (TPSA) is 46.2 Å².